The quantitative estimate of drug-likeness (QED) is 0.927. The van der Waals surface area contributed by atoms with E-state index < -0.39 is 18.0 Å². The van der Waals surface area contributed by atoms with Gasteiger partial charge in [0.05, 0.1) is 5.56 Å². The number of hydrogen-bond donors (Lipinski definition) is 1. The molecule has 3 nitrogen and oxygen atoms in total. The summed E-state index contributed by atoms with van der Waals surface area (Å²) in [5, 5.41) is 2.62. The van der Waals surface area contributed by atoms with Crippen molar-refractivity contribution in [3.05, 3.63) is 28.2 Å². The van der Waals surface area contributed by atoms with Crippen LogP contribution in [0.4, 0.5) is 13.2 Å². The van der Waals surface area contributed by atoms with E-state index in [9.17, 15) is 18.0 Å². The summed E-state index contributed by atoms with van der Waals surface area (Å²) in [7, 11) is 0. The van der Waals surface area contributed by atoms with E-state index in [0.29, 0.717) is 4.47 Å². The number of benzene rings is 1. The second-order valence-corrected chi connectivity index (χ2v) is 4.85. The molecule has 0 heterocycles. The van der Waals surface area contributed by atoms with Crippen LogP contribution >= 0.6 is 15.9 Å². The van der Waals surface area contributed by atoms with E-state index >= 15 is 0 Å². The third-order valence-electron chi connectivity index (χ3n) is 2.32. The van der Waals surface area contributed by atoms with Crippen molar-refractivity contribution < 1.29 is 22.7 Å². The Balaban J connectivity index is 2.24. The molecular weight excluding hydrogens is 315 g/mol. The van der Waals surface area contributed by atoms with Gasteiger partial charge in [-0.3, -0.25) is 4.79 Å². The summed E-state index contributed by atoms with van der Waals surface area (Å²) in [6.45, 7) is 0. The standard InChI is InChI=1S/C11H9BrF3NO2/c12-6-1-4-9(18-11(13,14)15)8(5-6)10(17)16-7-2-3-7/h1,4-5,7H,2-3H2,(H,16,17). The highest BCUT2D eigenvalue weighted by atomic mass is 79.9. The number of alkyl halides is 3. The lowest BCUT2D eigenvalue weighted by Crippen LogP contribution is -2.27. The van der Waals surface area contributed by atoms with Crippen LogP contribution < -0.4 is 10.1 Å². The van der Waals surface area contributed by atoms with Crippen LogP contribution in [-0.2, 0) is 0 Å². The normalized spacial score (nSPS) is 15.3. The zero-order valence-electron chi connectivity index (χ0n) is 9.05. The number of carbonyl (C=O) groups excluding carboxylic acids is 1. The van der Waals surface area contributed by atoms with Gasteiger partial charge in [0.1, 0.15) is 5.75 Å². The average molecular weight is 324 g/mol. The highest BCUT2D eigenvalue weighted by Crippen LogP contribution is 2.29. The lowest BCUT2D eigenvalue weighted by atomic mass is 10.2. The minimum Gasteiger partial charge on any atom is -0.405 e. The SMILES string of the molecule is O=C(NC1CC1)c1cc(Br)ccc1OC(F)(F)F. The smallest absolute Gasteiger partial charge is 0.405 e. The average Bonchev–Trinajstić information content (AvgIpc) is 3.02. The summed E-state index contributed by atoms with van der Waals surface area (Å²) in [5.41, 5.74) is -0.131. The molecule has 1 saturated carbocycles. The maximum absolute atomic E-state index is 12.2. The van der Waals surface area contributed by atoms with Crippen molar-refractivity contribution in [2.75, 3.05) is 0 Å². The zero-order chi connectivity index (χ0) is 13.3. The molecule has 1 aromatic rings. The lowest BCUT2D eigenvalue weighted by Gasteiger charge is -2.13. The monoisotopic (exact) mass is 323 g/mol. The number of carbonyl (C=O) groups is 1. The summed E-state index contributed by atoms with van der Waals surface area (Å²) in [4.78, 5) is 11.8. The Hall–Kier alpha value is -1.24. The molecule has 1 aliphatic rings. The Morgan fingerprint density at radius 2 is 2.06 bits per heavy atom. The Labute approximate surface area is 109 Å². The van der Waals surface area contributed by atoms with Gasteiger partial charge in [-0.1, -0.05) is 15.9 Å². The molecule has 1 aliphatic carbocycles. The Morgan fingerprint density at radius 1 is 1.39 bits per heavy atom. The molecule has 0 aromatic heterocycles. The van der Waals surface area contributed by atoms with Crippen LogP contribution in [-0.4, -0.2) is 18.3 Å². The van der Waals surface area contributed by atoms with Gasteiger partial charge in [-0.2, -0.15) is 0 Å². The predicted octanol–water partition coefficient (Wildman–Crippen LogP) is 3.24. The first kappa shape index (κ1) is 13.2. The minimum absolute atomic E-state index is 0.0650. The molecule has 98 valence electrons. The van der Waals surface area contributed by atoms with E-state index in [1.54, 1.807) is 0 Å². The first-order valence-electron chi connectivity index (χ1n) is 5.21. The van der Waals surface area contributed by atoms with Gasteiger partial charge in [0.25, 0.3) is 5.91 Å². The van der Waals surface area contributed by atoms with E-state index in [2.05, 4.69) is 26.0 Å². The Morgan fingerprint density at radius 3 is 2.61 bits per heavy atom. The second kappa shape index (κ2) is 4.79. The lowest BCUT2D eigenvalue weighted by molar-refractivity contribution is -0.274. The number of hydrogen-bond acceptors (Lipinski definition) is 2. The van der Waals surface area contributed by atoms with Crippen LogP contribution in [0.2, 0.25) is 0 Å². The molecule has 0 atom stereocenters. The van der Waals surface area contributed by atoms with Gasteiger partial charge in [0.15, 0.2) is 0 Å². The molecule has 1 amide bonds. The van der Waals surface area contributed by atoms with Crippen molar-refractivity contribution in [3.63, 3.8) is 0 Å². The number of halogens is 4. The largest absolute Gasteiger partial charge is 0.573 e. The maximum Gasteiger partial charge on any atom is 0.573 e. The van der Waals surface area contributed by atoms with Gasteiger partial charge in [-0.05, 0) is 31.0 Å². The van der Waals surface area contributed by atoms with Gasteiger partial charge in [-0.15, -0.1) is 13.2 Å². The molecule has 0 unspecified atom stereocenters. The van der Waals surface area contributed by atoms with Crippen LogP contribution in [0.25, 0.3) is 0 Å². The molecule has 0 aliphatic heterocycles. The number of rotatable bonds is 3. The van der Waals surface area contributed by atoms with Crippen molar-refractivity contribution >= 4 is 21.8 Å². The summed E-state index contributed by atoms with van der Waals surface area (Å²) >= 11 is 3.11. The van der Waals surface area contributed by atoms with E-state index in [1.807, 2.05) is 0 Å². The molecule has 7 heteroatoms. The fourth-order valence-corrected chi connectivity index (χ4v) is 1.75. The van der Waals surface area contributed by atoms with Crippen LogP contribution in [0.3, 0.4) is 0 Å². The first-order valence-corrected chi connectivity index (χ1v) is 6.00. The molecule has 1 fully saturated rings. The molecule has 18 heavy (non-hydrogen) atoms. The van der Waals surface area contributed by atoms with Crippen LogP contribution in [0.5, 0.6) is 5.75 Å². The topological polar surface area (TPSA) is 38.3 Å². The zero-order valence-corrected chi connectivity index (χ0v) is 10.6. The summed E-state index contributed by atoms with van der Waals surface area (Å²) in [6.07, 6.45) is -3.10. The van der Waals surface area contributed by atoms with Gasteiger partial charge >= 0.3 is 6.36 Å². The van der Waals surface area contributed by atoms with Crippen LogP contribution in [0.1, 0.15) is 23.2 Å². The highest BCUT2D eigenvalue weighted by molar-refractivity contribution is 9.10. The fourth-order valence-electron chi connectivity index (χ4n) is 1.38. The van der Waals surface area contributed by atoms with Gasteiger partial charge < -0.3 is 10.1 Å². The molecule has 0 radical (unpaired) electrons. The van der Waals surface area contributed by atoms with Crippen molar-refractivity contribution in [3.8, 4) is 5.75 Å². The molecule has 1 N–H and O–H groups in total. The molecule has 1 aromatic carbocycles. The highest BCUT2D eigenvalue weighted by Gasteiger charge is 2.33. The van der Waals surface area contributed by atoms with Crippen molar-refractivity contribution in [2.45, 2.75) is 25.2 Å². The van der Waals surface area contributed by atoms with E-state index in [-0.39, 0.29) is 11.6 Å². The number of nitrogens with one attached hydrogen (secondary N) is 1. The Kier molecular flexibility index (Phi) is 3.52. The third-order valence-corrected chi connectivity index (χ3v) is 2.82. The number of ether oxygens (including phenoxy) is 1. The minimum atomic E-state index is -4.82. The number of amides is 1. The van der Waals surface area contributed by atoms with Crippen molar-refractivity contribution in [1.82, 2.24) is 5.32 Å². The van der Waals surface area contributed by atoms with Gasteiger partial charge in [0.2, 0.25) is 0 Å². The van der Waals surface area contributed by atoms with Gasteiger partial charge in [-0.25, -0.2) is 0 Å². The van der Waals surface area contributed by atoms with Crippen molar-refractivity contribution in [1.29, 1.82) is 0 Å². The molecule has 0 bridgehead atoms. The van der Waals surface area contributed by atoms with Crippen LogP contribution in [0.15, 0.2) is 22.7 Å². The first-order chi connectivity index (χ1) is 8.35. The van der Waals surface area contributed by atoms with Crippen LogP contribution in [0, 0.1) is 0 Å². The Bertz CT molecular complexity index is 472. The molecular formula is C11H9BrF3NO2. The molecule has 0 spiro atoms. The fraction of sp³-hybridized carbons (Fsp3) is 0.364. The summed E-state index contributed by atoms with van der Waals surface area (Å²) in [5.74, 6) is -1.05. The van der Waals surface area contributed by atoms with E-state index in [4.69, 9.17) is 0 Å². The molecule has 2 rings (SSSR count). The maximum atomic E-state index is 12.2. The second-order valence-electron chi connectivity index (χ2n) is 3.94. The van der Waals surface area contributed by atoms with Gasteiger partial charge in [0, 0.05) is 10.5 Å². The summed E-state index contributed by atoms with van der Waals surface area (Å²) in [6, 6.07) is 3.86. The summed E-state index contributed by atoms with van der Waals surface area (Å²) < 4.78 is 40.9. The van der Waals surface area contributed by atoms with E-state index in [1.165, 1.54) is 12.1 Å². The predicted molar refractivity (Wildman–Crippen MR) is 61.3 cm³/mol. The van der Waals surface area contributed by atoms with Crippen molar-refractivity contribution in [2.24, 2.45) is 0 Å². The third kappa shape index (κ3) is 3.63. The molecule has 0 saturated heterocycles. The van der Waals surface area contributed by atoms with E-state index in [0.717, 1.165) is 18.9 Å².